The van der Waals surface area contributed by atoms with E-state index in [1.54, 1.807) is 4.68 Å². The van der Waals surface area contributed by atoms with Crippen molar-refractivity contribution in [3.05, 3.63) is 5.69 Å². The first-order chi connectivity index (χ1) is 4.13. The van der Waals surface area contributed by atoms with Crippen molar-refractivity contribution in [2.45, 2.75) is 6.92 Å². The topological polar surface area (TPSA) is 69.9 Å². The number of aryl methyl sites for hydroxylation is 1. The van der Waals surface area contributed by atoms with Crippen molar-refractivity contribution in [2.24, 2.45) is 7.05 Å². The fraction of sp³-hybridized carbons (Fsp3) is 0.400. The maximum absolute atomic E-state index is 5.49. The van der Waals surface area contributed by atoms with Crippen molar-refractivity contribution in [3.8, 4) is 0 Å². The summed E-state index contributed by atoms with van der Waals surface area (Å²) in [5.41, 5.74) is 12.4. The average molecular weight is 163 g/mol. The van der Waals surface area contributed by atoms with E-state index >= 15 is 0 Å². The highest BCUT2D eigenvalue weighted by atomic mass is 35.5. The van der Waals surface area contributed by atoms with Crippen molar-refractivity contribution >= 4 is 23.9 Å². The van der Waals surface area contributed by atoms with E-state index in [1.807, 2.05) is 14.0 Å². The number of nitrogen functional groups attached to an aromatic ring is 2. The SMILES string of the molecule is Cc1c(N)c(N)nn1C.Cl. The summed E-state index contributed by atoms with van der Waals surface area (Å²) < 4.78 is 1.66. The maximum Gasteiger partial charge on any atom is 0.168 e. The van der Waals surface area contributed by atoms with Crippen molar-refractivity contribution < 1.29 is 0 Å². The second kappa shape index (κ2) is 2.79. The van der Waals surface area contributed by atoms with Gasteiger partial charge in [0.15, 0.2) is 5.82 Å². The molecule has 0 saturated heterocycles. The highest BCUT2D eigenvalue weighted by Gasteiger charge is 2.03. The van der Waals surface area contributed by atoms with Crippen LogP contribution in [0.4, 0.5) is 11.5 Å². The van der Waals surface area contributed by atoms with Crippen LogP contribution in [0, 0.1) is 6.92 Å². The van der Waals surface area contributed by atoms with E-state index in [4.69, 9.17) is 11.5 Å². The molecule has 0 fully saturated rings. The number of halogens is 1. The molecule has 0 aliphatic rings. The van der Waals surface area contributed by atoms with Gasteiger partial charge in [-0.25, -0.2) is 0 Å². The zero-order chi connectivity index (χ0) is 7.02. The van der Waals surface area contributed by atoms with Crippen LogP contribution in [-0.2, 0) is 7.05 Å². The average Bonchev–Trinajstić information content (AvgIpc) is 1.98. The minimum atomic E-state index is 0. The highest BCUT2D eigenvalue weighted by molar-refractivity contribution is 5.85. The lowest BCUT2D eigenvalue weighted by Crippen LogP contribution is -1.93. The molecule has 1 rings (SSSR count). The van der Waals surface area contributed by atoms with Gasteiger partial charge in [-0.1, -0.05) is 0 Å². The lowest BCUT2D eigenvalue weighted by Gasteiger charge is -1.90. The van der Waals surface area contributed by atoms with Crippen LogP contribution in [0.3, 0.4) is 0 Å². The molecule has 58 valence electrons. The summed E-state index contributed by atoms with van der Waals surface area (Å²) in [5.74, 6) is 0.412. The van der Waals surface area contributed by atoms with Gasteiger partial charge in [0.25, 0.3) is 0 Å². The first-order valence-electron chi connectivity index (χ1n) is 2.67. The largest absolute Gasteiger partial charge is 0.394 e. The lowest BCUT2D eigenvalue weighted by atomic mass is 10.4. The van der Waals surface area contributed by atoms with Gasteiger partial charge >= 0.3 is 0 Å². The number of aromatic nitrogens is 2. The molecule has 1 heterocycles. The van der Waals surface area contributed by atoms with Crippen LogP contribution in [0.15, 0.2) is 0 Å². The van der Waals surface area contributed by atoms with Gasteiger partial charge in [-0.15, -0.1) is 12.4 Å². The molecule has 0 atom stereocenters. The van der Waals surface area contributed by atoms with Crippen molar-refractivity contribution in [1.29, 1.82) is 0 Å². The highest BCUT2D eigenvalue weighted by Crippen LogP contribution is 2.15. The van der Waals surface area contributed by atoms with Crippen LogP contribution in [0.1, 0.15) is 5.69 Å². The smallest absolute Gasteiger partial charge is 0.168 e. The third-order valence-electron chi connectivity index (χ3n) is 1.41. The van der Waals surface area contributed by atoms with Gasteiger partial charge in [-0.05, 0) is 6.92 Å². The Balaban J connectivity index is 0.000000810. The third-order valence-corrected chi connectivity index (χ3v) is 1.41. The van der Waals surface area contributed by atoms with E-state index in [0.717, 1.165) is 5.69 Å². The Morgan fingerprint density at radius 2 is 1.90 bits per heavy atom. The van der Waals surface area contributed by atoms with Crippen molar-refractivity contribution in [1.82, 2.24) is 9.78 Å². The zero-order valence-corrected chi connectivity index (χ0v) is 6.77. The van der Waals surface area contributed by atoms with E-state index in [2.05, 4.69) is 5.10 Å². The van der Waals surface area contributed by atoms with E-state index in [0.29, 0.717) is 11.5 Å². The summed E-state index contributed by atoms with van der Waals surface area (Å²) in [6.45, 7) is 1.87. The molecule has 1 aromatic rings. The van der Waals surface area contributed by atoms with Gasteiger partial charge in [0.05, 0.1) is 11.4 Å². The summed E-state index contributed by atoms with van der Waals surface area (Å²) in [7, 11) is 1.81. The van der Waals surface area contributed by atoms with Crippen LogP contribution in [-0.4, -0.2) is 9.78 Å². The van der Waals surface area contributed by atoms with Gasteiger partial charge < -0.3 is 11.5 Å². The summed E-state index contributed by atoms with van der Waals surface area (Å²) in [5, 5.41) is 3.88. The molecule has 0 unspecified atom stereocenters. The molecule has 0 bridgehead atoms. The van der Waals surface area contributed by atoms with Gasteiger partial charge in [-0.2, -0.15) is 5.10 Å². The predicted octanol–water partition coefficient (Wildman–Crippen LogP) is 0.315. The summed E-state index contributed by atoms with van der Waals surface area (Å²) >= 11 is 0. The Morgan fingerprint density at radius 3 is 2.00 bits per heavy atom. The monoisotopic (exact) mass is 162 g/mol. The molecule has 0 aromatic carbocycles. The lowest BCUT2D eigenvalue weighted by molar-refractivity contribution is 0.744. The van der Waals surface area contributed by atoms with Crippen LogP contribution in [0.25, 0.3) is 0 Å². The standard InChI is InChI=1S/C5H10N4.ClH/c1-3-4(6)5(7)8-9(3)2;/h6H2,1-2H3,(H2,7,8);1H. The summed E-state index contributed by atoms with van der Waals surface area (Å²) in [6.07, 6.45) is 0. The quantitative estimate of drug-likeness (QED) is 0.577. The molecule has 1 aromatic heterocycles. The Morgan fingerprint density at radius 1 is 1.40 bits per heavy atom. The Hall–Kier alpha value is -0.900. The molecule has 4 nitrogen and oxygen atoms in total. The summed E-state index contributed by atoms with van der Waals surface area (Å²) in [4.78, 5) is 0. The van der Waals surface area contributed by atoms with Gasteiger partial charge in [-0.3, -0.25) is 4.68 Å². The van der Waals surface area contributed by atoms with Crippen molar-refractivity contribution in [3.63, 3.8) is 0 Å². The van der Waals surface area contributed by atoms with Crippen LogP contribution < -0.4 is 11.5 Å². The van der Waals surface area contributed by atoms with Crippen molar-refractivity contribution in [2.75, 3.05) is 11.5 Å². The van der Waals surface area contributed by atoms with E-state index in [-0.39, 0.29) is 12.4 Å². The van der Waals surface area contributed by atoms with Gasteiger partial charge in [0.2, 0.25) is 0 Å². The molecular formula is C5H11ClN4. The minimum Gasteiger partial charge on any atom is -0.394 e. The zero-order valence-electron chi connectivity index (χ0n) is 5.96. The number of nitrogens with zero attached hydrogens (tertiary/aromatic N) is 2. The predicted molar refractivity (Wildman–Crippen MR) is 44.0 cm³/mol. The molecule has 0 radical (unpaired) electrons. The maximum atomic E-state index is 5.49. The number of nitrogens with two attached hydrogens (primary N) is 2. The second-order valence-corrected chi connectivity index (χ2v) is 2.01. The number of anilines is 2. The normalized spacial score (nSPS) is 9.00. The molecule has 0 aliphatic carbocycles. The molecular weight excluding hydrogens is 152 g/mol. The first-order valence-corrected chi connectivity index (χ1v) is 2.67. The molecule has 0 spiro atoms. The number of hydrogen-bond acceptors (Lipinski definition) is 3. The fourth-order valence-corrected chi connectivity index (χ4v) is 0.650. The Kier molecular flexibility index (Phi) is 2.54. The number of rotatable bonds is 0. The third kappa shape index (κ3) is 1.16. The fourth-order valence-electron chi connectivity index (χ4n) is 0.650. The van der Waals surface area contributed by atoms with Gasteiger partial charge in [0.1, 0.15) is 0 Å². The first kappa shape index (κ1) is 9.10. The minimum absolute atomic E-state index is 0. The molecule has 0 saturated carbocycles. The van der Waals surface area contributed by atoms with Gasteiger partial charge in [0, 0.05) is 7.05 Å². The molecule has 0 amide bonds. The molecule has 5 heteroatoms. The second-order valence-electron chi connectivity index (χ2n) is 2.01. The van der Waals surface area contributed by atoms with E-state index in [9.17, 15) is 0 Å². The van der Waals surface area contributed by atoms with Crippen LogP contribution in [0.2, 0.25) is 0 Å². The molecule has 10 heavy (non-hydrogen) atoms. The Bertz CT molecular complexity index is 207. The number of hydrogen-bond donors (Lipinski definition) is 2. The summed E-state index contributed by atoms with van der Waals surface area (Å²) in [6, 6.07) is 0. The van der Waals surface area contributed by atoms with Crippen LogP contribution in [0.5, 0.6) is 0 Å². The van der Waals surface area contributed by atoms with E-state index in [1.165, 1.54) is 0 Å². The molecule has 0 aliphatic heterocycles. The molecule has 4 N–H and O–H groups in total. The van der Waals surface area contributed by atoms with E-state index < -0.39 is 0 Å². The Labute approximate surface area is 65.6 Å². The van der Waals surface area contributed by atoms with Crippen LogP contribution >= 0.6 is 12.4 Å².